The molecule has 0 bridgehead atoms. The predicted molar refractivity (Wildman–Crippen MR) is 118 cm³/mol. The Morgan fingerprint density at radius 2 is 1.87 bits per heavy atom. The van der Waals surface area contributed by atoms with E-state index in [4.69, 9.17) is 4.42 Å². The van der Waals surface area contributed by atoms with Gasteiger partial charge in [0.1, 0.15) is 5.76 Å². The van der Waals surface area contributed by atoms with Gasteiger partial charge in [-0.1, -0.05) is 42.1 Å². The predicted octanol–water partition coefficient (Wildman–Crippen LogP) is 4.83. The number of aryl methyl sites for hydroxylation is 2. The Bertz CT molecular complexity index is 1190. The number of nitrogens with zero attached hydrogens (tertiary/aromatic N) is 4. The molecule has 1 aromatic carbocycles. The maximum Gasteiger partial charge on any atom is 0.192 e. The van der Waals surface area contributed by atoms with E-state index in [0.29, 0.717) is 17.5 Å². The van der Waals surface area contributed by atoms with Gasteiger partial charge in [0.25, 0.3) is 0 Å². The van der Waals surface area contributed by atoms with Crippen LogP contribution in [-0.2, 0) is 13.6 Å². The molecule has 4 rings (SSSR count). The van der Waals surface area contributed by atoms with E-state index < -0.39 is 0 Å². The SMILES string of the molecule is Cc1occc1-c1nnc(SCC(=O)c2cc(C)n(C)c2C)n1Cc1ccccc1. The number of carbonyl (C=O) groups excluding carboxylic acids is 1. The van der Waals surface area contributed by atoms with Crippen LogP contribution in [0.5, 0.6) is 0 Å². The van der Waals surface area contributed by atoms with Crippen molar-refractivity contribution in [2.75, 3.05) is 5.75 Å². The third-order valence-electron chi connectivity index (χ3n) is 5.41. The first-order chi connectivity index (χ1) is 14.5. The monoisotopic (exact) mass is 420 g/mol. The van der Waals surface area contributed by atoms with Crippen LogP contribution in [-0.4, -0.2) is 30.9 Å². The van der Waals surface area contributed by atoms with Crippen LogP contribution < -0.4 is 0 Å². The summed E-state index contributed by atoms with van der Waals surface area (Å²) in [5.41, 5.74) is 4.88. The second-order valence-corrected chi connectivity index (χ2v) is 8.27. The lowest BCUT2D eigenvalue weighted by Crippen LogP contribution is -2.08. The van der Waals surface area contributed by atoms with Gasteiger partial charge in [0.2, 0.25) is 0 Å². The number of aromatic nitrogens is 4. The number of carbonyl (C=O) groups is 1. The van der Waals surface area contributed by atoms with Gasteiger partial charge in [-0.3, -0.25) is 9.36 Å². The summed E-state index contributed by atoms with van der Waals surface area (Å²) in [7, 11) is 1.98. The number of furan rings is 1. The molecule has 0 aliphatic carbocycles. The first kappa shape index (κ1) is 20.2. The van der Waals surface area contributed by atoms with Gasteiger partial charge in [-0.25, -0.2) is 0 Å². The maximum atomic E-state index is 12.9. The van der Waals surface area contributed by atoms with Gasteiger partial charge in [0.05, 0.1) is 24.1 Å². The van der Waals surface area contributed by atoms with E-state index in [-0.39, 0.29) is 5.78 Å². The van der Waals surface area contributed by atoms with Crippen molar-refractivity contribution >= 4 is 17.5 Å². The van der Waals surface area contributed by atoms with Crippen molar-refractivity contribution in [2.24, 2.45) is 7.05 Å². The van der Waals surface area contributed by atoms with Crippen molar-refractivity contribution in [3.05, 3.63) is 77.0 Å². The van der Waals surface area contributed by atoms with Gasteiger partial charge in [0.15, 0.2) is 16.8 Å². The summed E-state index contributed by atoms with van der Waals surface area (Å²) in [6, 6.07) is 14.0. The molecule has 0 spiro atoms. The number of benzene rings is 1. The van der Waals surface area contributed by atoms with Gasteiger partial charge in [0, 0.05) is 24.0 Å². The molecule has 6 nitrogen and oxygen atoms in total. The van der Waals surface area contributed by atoms with Gasteiger partial charge in [-0.15, -0.1) is 10.2 Å². The van der Waals surface area contributed by atoms with Crippen molar-refractivity contribution in [3.63, 3.8) is 0 Å². The first-order valence-corrected chi connectivity index (χ1v) is 10.7. The molecule has 0 aliphatic heterocycles. The van der Waals surface area contributed by atoms with Crippen LogP contribution in [0.3, 0.4) is 0 Å². The number of Topliss-reactive ketones (excluding diaryl/α,β-unsaturated/α-hetero) is 1. The van der Waals surface area contributed by atoms with Gasteiger partial charge in [-0.05, 0) is 38.5 Å². The highest BCUT2D eigenvalue weighted by atomic mass is 32.2. The zero-order valence-electron chi connectivity index (χ0n) is 17.5. The molecule has 0 aliphatic rings. The molecule has 0 N–H and O–H groups in total. The molecular weight excluding hydrogens is 396 g/mol. The fraction of sp³-hybridized carbons (Fsp3) is 0.261. The van der Waals surface area contributed by atoms with E-state index in [1.54, 1.807) is 6.26 Å². The topological polar surface area (TPSA) is 65.8 Å². The molecule has 0 amide bonds. The highest BCUT2D eigenvalue weighted by Gasteiger charge is 2.20. The average molecular weight is 421 g/mol. The summed E-state index contributed by atoms with van der Waals surface area (Å²) in [5.74, 6) is 1.93. The second kappa shape index (κ2) is 8.36. The fourth-order valence-corrected chi connectivity index (χ4v) is 4.29. The zero-order chi connectivity index (χ0) is 21.3. The minimum atomic E-state index is 0.0940. The highest BCUT2D eigenvalue weighted by molar-refractivity contribution is 7.99. The molecule has 0 unspecified atom stereocenters. The van der Waals surface area contributed by atoms with Crippen molar-refractivity contribution in [1.82, 2.24) is 19.3 Å². The second-order valence-electron chi connectivity index (χ2n) is 7.32. The number of hydrogen-bond acceptors (Lipinski definition) is 5. The number of ketones is 1. The molecule has 3 aromatic heterocycles. The van der Waals surface area contributed by atoms with E-state index >= 15 is 0 Å². The average Bonchev–Trinajstić information content (AvgIpc) is 3.41. The van der Waals surface area contributed by atoms with Gasteiger partial charge in [-0.2, -0.15) is 0 Å². The normalized spacial score (nSPS) is 11.2. The minimum absolute atomic E-state index is 0.0940. The summed E-state index contributed by atoms with van der Waals surface area (Å²) in [6.07, 6.45) is 1.66. The van der Waals surface area contributed by atoms with Crippen molar-refractivity contribution in [3.8, 4) is 11.4 Å². The third kappa shape index (κ3) is 3.85. The van der Waals surface area contributed by atoms with Crippen LogP contribution >= 0.6 is 11.8 Å². The van der Waals surface area contributed by atoms with E-state index in [1.807, 2.05) is 67.3 Å². The quantitative estimate of drug-likeness (QED) is 0.317. The Morgan fingerprint density at radius 3 is 2.50 bits per heavy atom. The molecule has 0 saturated heterocycles. The Kier molecular flexibility index (Phi) is 5.63. The lowest BCUT2D eigenvalue weighted by molar-refractivity contribution is 0.102. The fourth-order valence-electron chi connectivity index (χ4n) is 3.47. The van der Waals surface area contributed by atoms with Crippen molar-refractivity contribution < 1.29 is 9.21 Å². The number of hydrogen-bond donors (Lipinski definition) is 0. The molecule has 0 radical (unpaired) electrons. The Balaban J connectivity index is 1.62. The van der Waals surface area contributed by atoms with E-state index in [2.05, 4.69) is 22.3 Å². The molecule has 0 atom stereocenters. The van der Waals surface area contributed by atoms with Crippen LogP contribution in [0.15, 0.2) is 58.3 Å². The minimum Gasteiger partial charge on any atom is -0.469 e. The summed E-state index contributed by atoms with van der Waals surface area (Å²) in [6.45, 7) is 6.51. The summed E-state index contributed by atoms with van der Waals surface area (Å²) in [5, 5.41) is 9.53. The van der Waals surface area contributed by atoms with Crippen LogP contribution in [0.1, 0.15) is 33.1 Å². The van der Waals surface area contributed by atoms with Crippen molar-refractivity contribution in [2.45, 2.75) is 32.5 Å². The van der Waals surface area contributed by atoms with Gasteiger partial charge < -0.3 is 8.98 Å². The summed E-state index contributed by atoms with van der Waals surface area (Å²) >= 11 is 1.42. The molecule has 7 heteroatoms. The van der Waals surface area contributed by atoms with Gasteiger partial charge >= 0.3 is 0 Å². The molecule has 4 aromatic rings. The lowest BCUT2D eigenvalue weighted by atomic mass is 10.2. The van der Waals surface area contributed by atoms with E-state index in [9.17, 15) is 4.79 Å². The smallest absolute Gasteiger partial charge is 0.192 e. The Labute approximate surface area is 179 Å². The molecule has 3 heterocycles. The molecular formula is C23H24N4O2S. The zero-order valence-corrected chi connectivity index (χ0v) is 18.4. The highest BCUT2D eigenvalue weighted by Crippen LogP contribution is 2.28. The summed E-state index contributed by atoms with van der Waals surface area (Å²) < 4.78 is 9.56. The maximum absolute atomic E-state index is 12.9. The summed E-state index contributed by atoms with van der Waals surface area (Å²) in [4.78, 5) is 12.9. The van der Waals surface area contributed by atoms with E-state index in [1.165, 1.54) is 11.8 Å². The van der Waals surface area contributed by atoms with Crippen LogP contribution in [0.4, 0.5) is 0 Å². The van der Waals surface area contributed by atoms with Crippen molar-refractivity contribution in [1.29, 1.82) is 0 Å². The molecule has 154 valence electrons. The van der Waals surface area contributed by atoms with Crippen LogP contribution in [0.2, 0.25) is 0 Å². The standard InChI is InChI=1S/C23H24N4O2S/c1-15-12-20(16(2)26(15)4)21(28)14-30-23-25-24-22(19-10-11-29-17(19)3)27(23)13-18-8-6-5-7-9-18/h5-12H,13-14H2,1-4H3. The molecule has 0 saturated carbocycles. The third-order valence-corrected chi connectivity index (χ3v) is 6.37. The molecule has 30 heavy (non-hydrogen) atoms. The van der Waals surface area contributed by atoms with E-state index in [0.717, 1.165) is 39.7 Å². The number of rotatable bonds is 7. The largest absolute Gasteiger partial charge is 0.469 e. The van der Waals surface area contributed by atoms with Crippen LogP contribution in [0.25, 0.3) is 11.4 Å². The lowest BCUT2D eigenvalue weighted by Gasteiger charge is -2.10. The Morgan fingerprint density at radius 1 is 1.10 bits per heavy atom. The molecule has 0 fully saturated rings. The Hall–Kier alpha value is -3.06. The first-order valence-electron chi connectivity index (χ1n) is 9.76. The number of thioether (sulfide) groups is 1. The van der Waals surface area contributed by atoms with Crippen LogP contribution in [0, 0.1) is 20.8 Å².